The van der Waals surface area contributed by atoms with Gasteiger partial charge in [-0.3, -0.25) is 14.0 Å². The predicted octanol–water partition coefficient (Wildman–Crippen LogP) is 2.92. The van der Waals surface area contributed by atoms with Crippen LogP contribution in [0, 0.1) is 6.92 Å². The molecule has 0 unspecified atom stereocenters. The number of hydrogen-bond acceptors (Lipinski definition) is 4. The molecule has 3 rings (SSSR count). The van der Waals surface area contributed by atoms with E-state index in [0.29, 0.717) is 12.2 Å². The Bertz CT molecular complexity index is 938. The van der Waals surface area contributed by atoms with Crippen molar-refractivity contribution in [1.29, 1.82) is 0 Å². The van der Waals surface area contributed by atoms with Gasteiger partial charge >= 0.3 is 0 Å². The Kier molecular flexibility index (Phi) is 5.50. The van der Waals surface area contributed by atoms with Crippen molar-refractivity contribution in [2.45, 2.75) is 18.2 Å². The van der Waals surface area contributed by atoms with Crippen LogP contribution in [0.2, 0.25) is 0 Å². The summed E-state index contributed by atoms with van der Waals surface area (Å²) >= 11 is 1.75. The topological polar surface area (TPSA) is 63.5 Å². The molecule has 6 heteroatoms. The molecule has 0 aliphatic rings. The maximum Gasteiger partial charge on any atom is 0.270 e. The van der Waals surface area contributed by atoms with Crippen LogP contribution in [0.5, 0.6) is 0 Å². The van der Waals surface area contributed by atoms with Crippen molar-refractivity contribution in [3.05, 3.63) is 76.3 Å². The van der Waals surface area contributed by atoms with E-state index < -0.39 is 0 Å². The van der Waals surface area contributed by atoms with E-state index >= 15 is 0 Å². The highest BCUT2D eigenvalue weighted by atomic mass is 32.2. The van der Waals surface area contributed by atoms with E-state index in [1.807, 2.05) is 31.2 Å². The lowest BCUT2D eigenvalue weighted by molar-refractivity contribution is 0.0951. The summed E-state index contributed by atoms with van der Waals surface area (Å²) in [4.78, 5) is 30.1. The predicted molar refractivity (Wildman–Crippen MR) is 100 cm³/mol. The van der Waals surface area contributed by atoms with Gasteiger partial charge in [-0.05, 0) is 42.9 Å². The molecule has 5 nitrogen and oxygen atoms in total. The summed E-state index contributed by atoms with van der Waals surface area (Å²) in [7, 11) is 0. The van der Waals surface area contributed by atoms with Gasteiger partial charge in [-0.25, -0.2) is 4.98 Å². The first-order valence-electron chi connectivity index (χ1n) is 8.09. The summed E-state index contributed by atoms with van der Waals surface area (Å²) in [6.45, 7) is 2.41. The zero-order valence-corrected chi connectivity index (χ0v) is 14.8. The number of aryl methyl sites for hydroxylation is 1. The van der Waals surface area contributed by atoms with E-state index in [-0.39, 0.29) is 17.0 Å². The second-order valence-corrected chi connectivity index (χ2v) is 6.85. The highest BCUT2D eigenvalue weighted by Crippen LogP contribution is 2.17. The Balaban J connectivity index is 1.57. The monoisotopic (exact) mass is 353 g/mol. The van der Waals surface area contributed by atoms with Crippen molar-refractivity contribution in [3.63, 3.8) is 0 Å². The van der Waals surface area contributed by atoms with Crippen LogP contribution in [-0.4, -0.2) is 27.6 Å². The lowest BCUT2D eigenvalue weighted by atomic mass is 10.2. The molecule has 0 spiro atoms. The zero-order valence-electron chi connectivity index (χ0n) is 13.9. The Morgan fingerprint density at radius 2 is 2.00 bits per heavy atom. The highest BCUT2D eigenvalue weighted by Gasteiger charge is 2.12. The number of carbonyl (C=O) groups excluding carboxylic acids is 1. The molecular weight excluding hydrogens is 334 g/mol. The van der Waals surface area contributed by atoms with Crippen molar-refractivity contribution in [2.75, 3.05) is 12.3 Å². The van der Waals surface area contributed by atoms with E-state index in [1.165, 1.54) is 15.5 Å². The Morgan fingerprint density at radius 1 is 1.20 bits per heavy atom. The van der Waals surface area contributed by atoms with E-state index in [1.54, 1.807) is 24.0 Å². The molecule has 0 fully saturated rings. The standard InChI is InChI=1S/C19H19N3O2S/c1-14-8-9-17-21-12-16(19(24)22(17)13-14)18(23)20-10-5-11-25-15-6-3-2-4-7-15/h2-4,6-9,12-13H,5,10-11H2,1H3,(H,20,23). The van der Waals surface area contributed by atoms with Gasteiger partial charge in [0.1, 0.15) is 11.2 Å². The second-order valence-electron chi connectivity index (χ2n) is 5.68. The molecule has 1 N–H and O–H groups in total. The third-order valence-corrected chi connectivity index (χ3v) is 4.81. The van der Waals surface area contributed by atoms with E-state index in [0.717, 1.165) is 17.7 Å². The third kappa shape index (κ3) is 4.28. The molecule has 0 radical (unpaired) electrons. The van der Waals surface area contributed by atoms with Crippen molar-refractivity contribution in [3.8, 4) is 0 Å². The normalized spacial score (nSPS) is 10.8. The van der Waals surface area contributed by atoms with Crippen LogP contribution in [-0.2, 0) is 0 Å². The molecule has 2 aromatic heterocycles. The maximum atomic E-state index is 12.5. The number of aromatic nitrogens is 2. The van der Waals surface area contributed by atoms with Crippen molar-refractivity contribution >= 4 is 23.3 Å². The summed E-state index contributed by atoms with van der Waals surface area (Å²) in [5.74, 6) is 0.524. The minimum absolute atomic E-state index is 0.0683. The van der Waals surface area contributed by atoms with E-state index in [4.69, 9.17) is 0 Å². The van der Waals surface area contributed by atoms with Gasteiger partial charge in [0, 0.05) is 23.8 Å². The average molecular weight is 353 g/mol. The number of nitrogens with one attached hydrogen (secondary N) is 1. The Labute approximate surface area is 150 Å². The van der Waals surface area contributed by atoms with Gasteiger partial charge in [-0.2, -0.15) is 0 Å². The SMILES string of the molecule is Cc1ccc2ncc(C(=O)NCCCSc3ccccc3)c(=O)n2c1. The quantitative estimate of drug-likeness (QED) is 0.547. The molecule has 128 valence electrons. The van der Waals surface area contributed by atoms with Gasteiger partial charge in [0.15, 0.2) is 0 Å². The van der Waals surface area contributed by atoms with Gasteiger partial charge in [0.2, 0.25) is 0 Å². The van der Waals surface area contributed by atoms with Gasteiger partial charge in [-0.1, -0.05) is 24.3 Å². The molecule has 2 heterocycles. The summed E-state index contributed by atoms with van der Waals surface area (Å²) in [5, 5.41) is 2.80. The second kappa shape index (κ2) is 7.98. The van der Waals surface area contributed by atoms with Gasteiger partial charge < -0.3 is 5.32 Å². The average Bonchev–Trinajstić information content (AvgIpc) is 2.63. The number of hydrogen-bond donors (Lipinski definition) is 1. The number of carbonyl (C=O) groups is 1. The Hall–Kier alpha value is -2.60. The van der Waals surface area contributed by atoms with Crippen LogP contribution in [0.4, 0.5) is 0 Å². The van der Waals surface area contributed by atoms with Crippen LogP contribution >= 0.6 is 11.8 Å². The van der Waals surface area contributed by atoms with Crippen LogP contribution < -0.4 is 10.9 Å². The fraction of sp³-hybridized carbons (Fsp3) is 0.211. The van der Waals surface area contributed by atoms with Crippen LogP contribution in [0.25, 0.3) is 5.65 Å². The molecule has 1 aromatic carbocycles. The molecule has 3 aromatic rings. The van der Waals surface area contributed by atoms with Crippen LogP contribution in [0.3, 0.4) is 0 Å². The summed E-state index contributed by atoms with van der Waals surface area (Å²) in [5.41, 5.74) is 1.20. The molecule has 1 amide bonds. The Morgan fingerprint density at radius 3 is 2.80 bits per heavy atom. The fourth-order valence-corrected chi connectivity index (χ4v) is 3.29. The van der Waals surface area contributed by atoms with Gasteiger partial charge in [0.05, 0.1) is 0 Å². The van der Waals surface area contributed by atoms with E-state index in [9.17, 15) is 9.59 Å². The number of amides is 1. The van der Waals surface area contributed by atoms with Crippen molar-refractivity contribution < 1.29 is 4.79 Å². The number of fused-ring (bicyclic) bond motifs is 1. The molecule has 0 saturated heterocycles. The van der Waals surface area contributed by atoms with Crippen molar-refractivity contribution in [2.24, 2.45) is 0 Å². The number of benzene rings is 1. The number of rotatable bonds is 6. The minimum atomic E-state index is -0.377. The molecule has 0 aliphatic carbocycles. The first-order valence-corrected chi connectivity index (χ1v) is 9.08. The van der Waals surface area contributed by atoms with Crippen LogP contribution in [0.1, 0.15) is 22.3 Å². The number of thioether (sulfide) groups is 1. The summed E-state index contributed by atoms with van der Waals surface area (Å²) < 4.78 is 1.41. The largest absolute Gasteiger partial charge is 0.352 e. The smallest absolute Gasteiger partial charge is 0.270 e. The third-order valence-electron chi connectivity index (χ3n) is 3.71. The fourth-order valence-electron chi connectivity index (χ4n) is 2.41. The van der Waals surface area contributed by atoms with Gasteiger partial charge in [0.25, 0.3) is 11.5 Å². The van der Waals surface area contributed by atoms with E-state index in [2.05, 4.69) is 22.4 Å². The molecule has 0 saturated carbocycles. The van der Waals surface area contributed by atoms with Crippen molar-refractivity contribution in [1.82, 2.24) is 14.7 Å². The molecule has 0 bridgehead atoms. The number of pyridine rings is 1. The zero-order chi connectivity index (χ0) is 17.6. The van der Waals surface area contributed by atoms with Gasteiger partial charge in [-0.15, -0.1) is 11.8 Å². The molecule has 0 aliphatic heterocycles. The summed E-state index contributed by atoms with van der Waals surface area (Å²) in [6, 6.07) is 13.8. The van der Waals surface area contributed by atoms with Crippen LogP contribution in [0.15, 0.2) is 64.5 Å². The first kappa shape index (κ1) is 17.2. The maximum absolute atomic E-state index is 12.5. The highest BCUT2D eigenvalue weighted by molar-refractivity contribution is 7.99. The minimum Gasteiger partial charge on any atom is -0.352 e. The lowest BCUT2D eigenvalue weighted by Crippen LogP contribution is -2.32. The molecule has 25 heavy (non-hydrogen) atoms. The first-order chi connectivity index (χ1) is 12.1. The molecule has 0 atom stereocenters. The summed E-state index contributed by atoms with van der Waals surface area (Å²) in [6.07, 6.45) is 3.87. The number of nitrogens with zero attached hydrogens (tertiary/aromatic N) is 2. The lowest BCUT2D eigenvalue weighted by Gasteiger charge is -2.07. The molecular formula is C19H19N3O2S.